The van der Waals surface area contributed by atoms with E-state index in [1.165, 1.54) is 19.3 Å². The fourth-order valence-electron chi connectivity index (χ4n) is 2.32. The molecule has 1 aromatic carbocycles. The highest BCUT2D eigenvalue weighted by Gasteiger charge is 2.17. The van der Waals surface area contributed by atoms with E-state index in [1.54, 1.807) is 6.08 Å². The number of carbonyl (C=O) groups excluding carboxylic acids is 1. The number of nitrogens with one attached hydrogen (secondary N) is 1. The van der Waals surface area contributed by atoms with Crippen LogP contribution in [0.25, 0.3) is 6.08 Å². The van der Waals surface area contributed by atoms with Crippen LogP contribution in [0.3, 0.4) is 0 Å². The van der Waals surface area contributed by atoms with E-state index in [1.807, 2.05) is 24.3 Å². The van der Waals surface area contributed by atoms with Crippen molar-refractivity contribution in [3.05, 3.63) is 42.0 Å². The molecule has 0 saturated heterocycles. The van der Waals surface area contributed by atoms with Gasteiger partial charge in [0.1, 0.15) is 6.10 Å². The molecule has 0 heterocycles. The summed E-state index contributed by atoms with van der Waals surface area (Å²) in [5.74, 6) is 0. The van der Waals surface area contributed by atoms with Crippen LogP contribution in [0.15, 0.2) is 30.8 Å². The van der Waals surface area contributed by atoms with Gasteiger partial charge in [-0.3, -0.25) is 0 Å². The molecule has 0 aromatic heterocycles. The predicted octanol–water partition coefficient (Wildman–Crippen LogP) is 3.89. The molecule has 0 atom stereocenters. The molecule has 0 radical (unpaired) electrons. The molecule has 0 aliphatic heterocycles. The standard InChI is InChI=1S/C16H21NO2/c1-2-13-8-10-14(11-9-13)12-17-16(18)19-15-6-4-3-5-7-15/h2,8-11,15H,1,3-7,12H2,(H,17,18). The van der Waals surface area contributed by atoms with Gasteiger partial charge in [-0.05, 0) is 36.8 Å². The van der Waals surface area contributed by atoms with Gasteiger partial charge in [-0.1, -0.05) is 43.3 Å². The Morgan fingerprint density at radius 2 is 1.95 bits per heavy atom. The molecule has 1 N–H and O–H groups in total. The molecular formula is C16H21NO2. The van der Waals surface area contributed by atoms with Gasteiger partial charge in [0.05, 0.1) is 0 Å². The van der Waals surface area contributed by atoms with Crippen LogP contribution in [-0.2, 0) is 11.3 Å². The number of hydrogen-bond acceptors (Lipinski definition) is 2. The number of rotatable bonds is 4. The highest BCUT2D eigenvalue weighted by atomic mass is 16.6. The minimum Gasteiger partial charge on any atom is -0.446 e. The Bertz CT molecular complexity index is 419. The maximum Gasteiger partial charge on any atom is 0.407 e. The number of carbonyl (C=O) groups is 1. The third kappa shape index (κ3) is 4.43. The molecule has 0 spiro atoms. The van der Waals surface area contributed by atoms with E-state index in [0.717, 1.165) is 24.0 Å². The highest BCUT2D eigenvalue weighted by molar-refractivity contribution is 5.67. The molecule has 1 aliphatic carbocycles. The predicted molar refractivity (Wildman–Crippen MR) is 76.7 cm³/mol. The topological polar surface area (TPSA) is 38.3 Å². The van der Waals surface area contributed by atoms with E-state index < -0.39 is 0 Å². The molecule has 102 valence electrons. The molecule has 0 unspecified atom stereocenters. The molecule has 1 aromatic rings. The summed E-state index contributed by atoms with van der Waals surface area (Å²) in [5, 5.41) is 2.80. The Morgan fingerprint density at radius 3 is 2.58 bits per heavy atom. The van der Waals surface area contributed by atoms with Crippen LogP contribution < -0.4 is 5.32 Å². The van der Waals surface area contributed by atoms with Crippen molar-refractivity contribution in [1.82, 2.24) is 5.32 Å². The van der Waals surface area contributed by atoms with Gasteiger partial charge in [0.15, 0.2) is 0 Å². The van der Waals surface area contributed by atoms with E-state index in [9.17, 15) is 4.79 Å². The smallest absolute Gasteiger partial charge is 0.407 e. The average Bonchev–Trinajstić information content (AvgIpc) is 2.47. The second-order valence-corrected chi connectivity index (χ2v) is 4.96. The zero-order chi connectivity index (χ0) is 13.5. The monoisotopic (exact) mass is 259 g/mol. The molecule has 3 nitrogen and oxygen atoms in total. The second kappa shape index (κ2) is 6.98. The van der Waals surface area contributed by atoms with Crippen molar-refractivity contribution in [3.63, 3.8) is 0 Å². The van der Waals surface area contributed by atoms with Gasteiger partial charge in [0, 0.05) is 6.54 Å². The van der Waals surface area contributed by atoms with Crippen molar-refractivity contribution in [2.24, 2.45) is 0 Å². The lowest BCUT2D eigenvalue weighted by atomic mass is 9.98. The van der Waals surface area contributed by atoms with Gasteiger partial charge < -0.3 is 10.1 Å². The minimum absolute atomic E-state index is 0.108. The summed E-state index contributed by atoms with van der Waals surface area (Å²) in [7, 11) is 0. The molecule has 1 fully saturated rings. The van der Waals surface area contributed by atoms with E-state index in [4.69, 9.17) is 4.74 Å². The van der Waals surface area contributed by atoms with E-state index in [2.05, 4.69) is 11.9 Å². The third-order valence-corrected chi connectivity index (χ3v) is 3.48. The fraction of sp³-hybridized carbons (Fsp3) is 0.438. The molecule has 3 heteroatoms. The summed E-state index contributed by atoms with van der Waals surface area (Å²) in [6, 6.07) is 7.93. The quantitative estimate of drug-likeness (QED) is 0.890. The van der Waals surface area contributed by atoms with Crippen LogP contribution in [0, 0.1) is 0 Å². The van der Waals surface area contributed by atoms with Crippen LogP contribution >= 0.6 is 0 Å². The third-order valence-electron chi connectivity index (χ3n) is 3.48. The largest absolute Gasteiger partial charge is 0.446 e. The van der Waals surface area contributed by atoms with Gasteiger partial charge >= 0.3 is 6.09 Å². The van der Waals surface area contributed by atoms with Crippen molar-refractivity contribution in [2.45, 2.75) is 44.8 Å². The fourth-order valence-corrected chi connectivity index (χ4v) is 2.32. The molecule has 1 saturated carbocycles. The lowest BCUT2D eigenvalue weighted by Crippen LogP contribution is -2.29. The minimum atomic E-state index is -0.306. The molecule has 2 rings (SSSR count). The Balaban J connectivity index is 1.74. The van der Waals surface area contributed by atoms with E-state index in [0.29, 0.717) is 6.54 Å². The number of alkyl carbamates (subject to hydrolysis) is 1. The zero-order valence-electron chi connectivity index (χ0n) is 11.2. The molecular weight excluding hydrogens is 238 g/mol. The van der Waals surface area contributed by atoms with E-state index >= 15 is 0 Å². The summed E-state index contributed by atoms with van der Waals surface area (Å²) in [6.45, 7) is 4.21. The molecule has 19 heavy (non-hydrogen) atoms. The van der Waals surface area contributed by atoms with Crippen molar-refractivity contribution >= 4 is 12.2 Å². The first-order valence-corrected chi connectivity index (χ1v) is 6.94. The summed E-state index contributed by atoms with van der Waals surface area (Å²) < 4.78 is 5.39. The van der Waals surface area contributed by atoms with Crippen molar-refractivity contribution in [1.29, 1.82) is 0 Å². The second-order valence-electron chi connectivity index (χ2n) is 4.96. The Morgan fingerprint density at radius 1 is 1.26 bits per heavy atom. The van der Waals surface area contributed by atoms with Gasteiger partial charge in [0.25, 0.3) is 0 Å². The van der Waals surface area contributed by atoms with Crippen molar-refractivity contribution in [3.8, 4) is 0 Å². The van der Waals surface area contributed by atoms with Crippen LogP contribution in [0.4, 0.5) is 4.79 Å². The van der Waals surface area contributed by atoms with Crippen LogP contribution in [0.2, 0.25) is 0 Å². The van der Waals surface area contributed by atoms with Gasteiger partial charge in [-0.2, -0.15) is 0 Å². The molecule has 0 bridgehead atoms. The maximum absolute atomic E-state index is 11.7. The first-order valence-electron chi connectivity index (χ1n) is 6.94. The Hall–Kier alpha value is -1.77. The van der Waals surface area contributed by atoms with Crippen molar-refractivity contribution in [2.75, 3.05) is 0 Å². The lowest BCUT2D eigenvalue weighted by molar-refractivity contribution is 0.0750. The van der Waals surface area contributed by atoms with Crippen molar-refractivity contribution < 1.29 is 9.53 Å². The van der Waals surface area contributed by atoms with Crippen LogP contribution in [0.1, 0.15) is 43.2 Å². The maximum atomic E-state index is 11.7. The SMILES string of the molecule is C=Cc1ccc(CNC(=O)OC2CCCCC2)cc1. The zero-order valence-corrected chi connectivity index (χ0v) is 11.2. The average molecular weight is 259 g/mol. The summed E-state index contributed by atoms with van der Waals surface area (Å²) in [5.41, 5.74) is 2.14. The first kappa shape index (κ1) is 13.7. The Kier molecular flexibility index (Phi) is 5.01. The summed E-state index contributed by atoms with van der Waals surface area (Å²) in [4.78, 5) is 11.7. The molecule has 1 aliphatic rings. The number of hydrogen-bond donors (Lipinski definition) is 1. The normalized spacial score (nSPS) is 15.8. The highest BCUT2D eigenvalue weighted by Crippen LogP contribution is 2.20. The summed E-state index contributed by atoms with van der Waals surface area (Å²) >= 11 is 0. The van der Waals surface area contributed by atoms with Crippen LogP contribution in [-0.4, -0.2) is 12.2 Å². The lowest BCUT2D eigenvalue weighted by Gasteiger charge is -2.21. The van der Waals surface area contributed by atoms with Crippen LogP contribution in [0.5, 0.6) is 0 Å². The van der Waals surface area contributed by atoms with E-state index in [-0.39, 0.29) is 12.2 Å². The number of benzene rings is 1. The number of ether oxygens (including phenoxy) is 1. The van der Waals surface area contributed by atoms with Gasteiger partial charge in [0.2, 0.25) is 0 Å². The number of amides is 1. The molecule has 1 amide bonds. The summed E-state index contributed by atoms with van der Waals surface area (Å²) in [6.07, 6.45) is 7.20. The Labute approximate surface area is 114 Å². The first-order chi connectivity index (χ1) is 9.28. The van der Waals surface area contributed by atoms with Gasteiger partial charge in [-0.25, -0.2) is 4.79 Å². The van der Waals surface area contributed by atoms with Gasteiger partial charge in [-0.15, -0.1) is 0 Å².